The predicted octanol–water partition coefficient (Wildman–Crippen LogP) is 15.9. The first kappa shape index (κ1) is 33.1. The lowest BCUT2D eigenvalue weighted by Gasteiger charge is -2.12. The number of nitro groups is 1. The molecule has 10 aromatic carbocycles. The Morgan fingerprint density at radius 2 is 0.966 bits per heavy atom. The summed E-state index contributed by atoms with van der Waals surface area (Å²) < 4.78 is 5.18. The highest BCUT2D eigenvalue weighted by Gasteiger charge is 2.21. The van der Waals surface area contributed by atoms with E-state index in [1.807, 2.05) is 35.6 Å². The smallest absolute Gasteiger partial charge is 0.277 e. The van der Waals surface area contributed by atoms with Crippen molar-refractivity contribution in [3.8, 4) is 11.1 Å². The fraction of sp³-hybridized carbons (Fsp3) is 0. The first-order valence-corrected chi connectivity index (χ1v) is 20.9. The van der Waals surface area contributed by atoms with E-state index in [1.165, 1.54) is 94.5 Å². The van der Waals surface area contributed by atoms with Gasteiger partial charge in [0.25, 0.3) is 5.69 Å². The molecule has 58 heavy (non-hydrogen) atoms. The molecule has 272 valence electrons. The van der Waals surface area contributed by atoms with E-state index in [0.717, 1.165) is 16.3 Å². The summed E-state index contributed by atoms with van der Waals surface area (Å²) in [5, 5.41) is 29.4. The summed E-state index contributed by atoms with van der Waals surface area (Å²) in [6, 6.07) is 60.9. The largest absolute Gasteiger partial charge is 0.354 e. The third-order valence-corrected chi connectivity index (χ3v) is 14.1. The van der Waals surface area contributed by atoms with E-state index in [2.05, 4.69) is 145 Å². The third kappa shape index (κ3) is 4.79. The minimum absolute atomic E-state index is 0.130. The number of nitrogens with zero attached hydrogens (tertiary/aromatic N) is 1. The maximum Gasteiger partial charge on any atom is 0.277 e. The Kier molecular flexibility index (Phi) is 7.24. The Morgan fingerprint density at radius 3 is 1.71 bits per heavy atom. The molecular formula is C52H30N2O2S2. The number of nitro benzene ring substituents is 1. The molecule has 0 aliphatic heterocycles. The lowest BCUT2D eigenvalue weighted by Crippen LogP contribution is -1.92. The van der Waals surface area contributed by atoms with Crippen LogP contribution in [0.15, 0.2) is 176 Å². The Labute approximate surface area is 339 Å². The van der Waals surface area contributed by atoms with E-state index < -0.39 is 0 Å². The summed E-state index contributed by atoms with van der Waals surface area (Å²) in [4.78, 5) is 15.2. The van der Waals surface area contributed by atoms with E-state index in [-0.39, 0.29) is 10.6 Å². The van der Waals surface area contributed by atoms with Gasteiger partial charge >= 0.3 is 0 Å². The molecular weight excluding hydrogens is 749 g/mol. The molecule has 13 rings (SSSR count). The normalized spacial score (nSPS) is 11.9. The molecule has 3 aromatic heterocycles. The maximum absolute atomic E-state index is 11.8. The predicted molar refractivity (Wildman–Crippen MR) is 250 cm³/mol. The molecule has 3 heterocycles. The van der Waals surface area contributed by atoms with Crippen LogP contribution in [-0.2, 0) is 0 Å². The fourth-order valence-corrected chi connectivity index (χ4v) is 11.8. The van der Waals surface area contributed by atoms with Crippen molar-refractivity contribution in [1.29, 1.82) is 0 Å². The monoisotopic (exact) mass is 778 g/mol. The van der Waals surface area contributed by atoms with Crippen molar-refractivity contribution in [2.24, 2.45) is 0 Å². The molecule has 0 amide bonds. The van der Waals surface area contributed by atoms with Gasteiger partial charge in [-0.1, -0.05) is 140 Å². The molecule has 0 bridgehead atoms. The summed E-state index contributed by atoms with van der Waals surface area (Å²) in [6.07, 6.45) is 0. The number of nitrogens with one attached hydrogen (secondary N) is 1. The van der Waals surface area contributed by atoms with Gasteiger partial charge in [-0.05, 0) is 68.2 Å². The van der Waals surface area contributed by atoms with E-state index in [0.29, 0.717) is 5.56 Å². The summed E-state index contributed by atoms with van der Waals surface area (Å²) in [6.45, 7) is 0. The number of para-hydroxylation sites is 2. The lowest BCUT2D eigenvalue weighted by molar-refractivity contribution is -0.384. The molecule has 0 atom stereocenters. The Bertz CT molecular complexity index is 3850. The molecule has 0 saturated carbocycles. The molecule has 4 nitrogen and oxygen atoms in total. The average Bonchev–Trinajstić information content (AvgIpc) is 3.98. The van der Waals surface area contributed by atoms with Crippen molar-refractivity contribution in [1.82, 2.24) is 4.98 Å². The first-order valence-electron chi connectivity index (χ1n) is 19.3. The second kappa shape index (κ2) is 12.7. The fourth-order valence-electron chi connectivity index (χ4n) is 9.24. The zero-order chi connectivity index (χ0) is 38.5. The van der Waals surface area contributed by atoms with Gasteiger partial charge in [-0.15, -0.1) is 22.7 Å². The van der Waals surface area contributed by atoms with Crippen LogP contribution in [0.2, 0.25) is 0 Å². The molecule has 0 spiro atoms. The quantitative estimate of drug-likeness (QED) is 0.108. The van der Waals surface area contributed by atoms with Crippen LogP contribution in [0, 0.1) is 10.1 Å². The zero-order valence-electron chi connectivity index (χ0n) is 30.8. The summed E-state index contributed by atoms with van der Waals surface area (Å²) in [5.74, 6) is 0. The Hall–Kier alpha value is -7.12. The minimum Gasteiger partial charge on any atom is -0.354 e. The maximum atomic E-state index is 11.8. The first-order chi connectivity index (χ1) is 28.6. The van der Waals surface area contributed by atoms with Crippen molar-refractivity contribution < 1.29 is 4.92 Å². The van der Waals surface area contributed by atoms with Crippen molar-refractivity contribution in [2.75, 3.05) is 0 Å². The van der Waals surface area contributed by atoms with E-state index in [9.17, 15) is 10.1 Å². The van der Waals surface area contributed by atoms with Gasteiger partial charge in [-0.2, -0.15) is 0 Å². The molecule has 13 aromatic rings. The number of aromatic amines is 1. The van der Waals surface area contributed by atoms with Gasteiger partial charge in [-0.25, -0.2) is 0 Å². The SMILES string of the molecule is O=[N+]([O-])c1ccccc1-c1cc2c3ccccc3sc2c2c1ccc1ccccc12.c1ccc2c(c1)ccc1c3c4ccccc4[nH]c3c3c4ccccc4sc3c21. The molecule has 0 aliphatic rings. The number of H-pyrrole nitrogens is 1. The van der Waals surface area contributed by atoms with Gasteiger partial charge in [0.15, 0.2) is 0 Å². The van der Waals surface area contributed by atoms with Crippen LogP contribution in [0.1, 0.15) is 0 Å². The number of fused-ring (bicyclic) bond motifs is 19. The van der Waals surface area contributed by atoms with Crippen LogP contribution in [0.25, 0.3) is 116 Å². The van der Waals surface area contributed by atoms with E-state index in [4.69, 9.17) is 0 Å². The van der Waals surface area contributed by atoms with Gasteiger partial charge in [0.1, 0.15) is 0 Å². The number of rotatable bonds is 2. The number of aromatic nitrogens is 1. The second-order valence-corrected chi connectivity index (χ2v) is 16.9. The molecule has 6 heteroatoms. The zero-order valence-corrected chi connectivity index (χ0v) is 32.5. The summed E-state index contributed by atoms with van der Waals surface area (Å²) in [7, 11) is 0. The lowest BCUT2D eigenvalue weighted by atomic mass is 9.92. The molecule has 1 N–H and O–H groups in total. The number of benzene rings is 10. The van der Waals surface area contributed by atoms with Crippen LogP contribution in [0.5, 0.6) is 0 Å². The van der Waals surface area contributed by atoms with Crippen molar-refractivity contribution in [3.63, 3.8) is 0 Å². The van der Waals surface area contributed by atoms with Gasteiger partial charge in [0.05, 0.1) is 16.0 Å². The van der Waals surface area contributed by atoms with Gasteiger partial charge in [0.2, 0.25) is 0 Å². The third-order valence-electron chi connectivity index (χ3n) is 11.7. The minimum atomic E-state index is -0.294. The van der Waals surface area contributed by atoms with Gasteiger partial charge < -0.3 is 4.98 Å². The number of hydrogen-bond donors (Lipinski definition) is 1. The summed E-state index contributed by atoms with van der Waals surface area (Å²) >= 11 is 3.70. The Balaban J connectivity index is 0.000000126. The van der Waals surface area contributed by atoms with E-state index in [1.54, 1.807) is 23.5 Å². The van der Waals surface area contributed by atoms with Crippen LogP contribution in [0.4, 0.5) is 5.69 Å². The molecule has 0 radical (unpaired) electrons. The molecule has 0 aliphatic carbocycles. The Morgan fingerprint density at radius 1 is 0.414 bits per heavy atom. The van der Waals surface area contributed by atoms with Crippen LogP contribution < -0.4 is 0 Å². The second-order valence-electron chi connectivity index (χ2n) is 14.8. The van der Waals surface area contributed by atoms with Crippen molar-refractivity contribution >= 4 is 134 Å². The average molecular weight is 779 g/mol. The van der Waals surface area contributed by atoms with Crippen molar-refractivity contribution in [2.45, 2.75) is 0 Å². The van der Waals surface area contributed by atoms with Gasteiger partial charge in [0, 0.05) is 73.5 Å². The molecule has 0 saturated heterocycles. The molecule has 0 unspecified atom stereocenters. The number of thiophene rings is 2. The standard InChI is InChI=1S/C26H15NO2S.C26H15NS/c28-27(29)23-11-5-3-9-18(23)21-15-22-19-10-4-6-12-24(19)30-26(22)25-17-8-2-1-7-16(17)13-14-20(21)25;1-2-8-16-15(7-1)13-14-19-22-17-9-3-5-11-20(17)27-25(22)24-18-10-4-6-12-21(18)28-26(24)23(16)19/h1-15H;1-14,27H. The van der Waals surface area contributed by atoms with Crippen LogP contribution in [0.3, 0.4) is 0 Å². The highest BCUT2D eigenvalue weighted by atomic mass is 32.1. The van der Waals surface area contributed by atoms with Crippen LogP contribution >= 0.6 is 22.7 Å². The highest BCUT2D eigenvalue weighted by Crippen LogP contribution is 2.49. The van der Waals surface area contributed by atoms with E-state index >= 15 is 0 Å². The van der Waals surface area contributed by atoms with Crippen LogP contribution in [-0.4, -0.2) is 9.91 Å². The van der Waals surface area contributed by atoms with Gasteiger partial charge in [-0.3, -0.25) is 10.1 Å². The number of hydrogen-bond acceptors (Lipinski definition) is 4. The molecule has 0 fully saturated rings. The van der Waals surface area contributed by atoms with Crippen molar-refractivity contribution in [3.05, 3.63) is 186 Å². The topological polar surface area (TPSA) is 58.9 Å². The summed E-state index contributed by atoms with van der Waals surface area (Å²) in [5.41, 5.74) is 4.15. The highest BCUT2D eigenvalue weighted by molar-refractivity contribution is 7.27.